The second-order valence-corrected chi connectivity index (χ2v) is 6.15. The molecule has 3 N–H and O–H groups in total. The van der Waals surface area contributed by atoms with Gasteiger partial charge in [0.15, 0.2) is 0 Å². The van der Waals surface area contributed by atoms with Crippen molar-refractivity contribution in [3.8, 4) is 0 Å². The van der Waals surface area contributed by atoms with Crippen molar-refractivity contribution in [2.24, 2.45) is 0 Å². The van der Waals surface area contributed by atoms with Gasteiger partial charge in [0.25, 0.3) is 0 Å². The zero-order valence-electron chi connectivity index (χ0n) is 8.68. The van der Waals surface area contributed by atoms with Gasteiger partial charge in [-0.1, -0.05) is 0 Å². The molecule has 18 heavy (non-hydrogen) atoms. The van der Waals surface area contributed by atoms with E-state index >= 15 is 0 Å². The molecule has 0 aliphatic carbocycles. The molecule has 0 unspecified atom stereocenters. The number of rotatable bonds is 1. The van der Waals surface area contributed by atoms with Gasteiger partial charge >= 0.3 is 102 Å². The first kappa shape index (κ1) is 28.4. The molecular weight excluding hydrogens is 374 g/mol. The van der Waals surface area contributed by atoms with Gasteiger partial charge < -0.3 is 51.7 Å². The van der Waals surface area contributed by atoms with Crippen molar-refractivity contribution in [2.75, 3.05) is 0 Å². The summed E-state index contributed by atoms with van der Waals surface area (Å²) in [4.78, 5) is 40.1. The quantitative estimate of drug-likeness (QED) is 0.369. The maximum absolute atomic E-state index is 9.98. The molecule has 1 heterocycles. The minimum Gasteiger partial charge on any atom is -1.00 e. The van der Waals surface area contributed by atoms with E-state index in [1.165, 1.54) is 0 Å². The number of carbonyl (C=O) groups is 1. The number of hydrogen-bond donors (Lipinski definition) is 3. The molecule has 0 bridgehead atoms. The number of carbonyl (C=O) groups excluding carboxylic acids is 1. The Morgan fingerprint density at radius 3 is 1.72 bits per heavy atom. The van der Waals surface area contributed by atoms with Gasteiger partial charge in [-0.05, 0) is 0 Å². The molecular formula is CH3AlCaClNaO11SSi. The molecule has 96 valence electrons. The van der Waals surface area contributed by atoms with E-state index in [1.807, 2.05) is 0 Å². The first-order valence-corrected chi connectivity index (χ1v) is 7.36. The molecule has 1 saturated heterocycles. The van der Waals surface area contributed by atoms with Gasteiger partial charge in [-0.15, -0.1) is 0 Å². The Kier molecular flexibility index (Phi) is 18.8. The normalized spacial score (nSPS) is 15.2. The van der Waals surface area contributed by atoms with Crippen LogP contribution in [0.4, 0.5) is 4.79 Å². The predicted molar refractivity (Wildman–Crippen MR) is 41.5 cm³/mol. The Hall–Kier alpha value is 2.28. The van der Waals surface area contributed by atoms with Crippen LogP contribution < -0.4 is 51.9 Å². The summed E-state index contributed by atoms with van der Waals surface area (Å²) in [6.45, 7) is 0. The van der Waals surface area contributed by atoms with E-state index in [0.717, 1.165) is 0 Å². The Bertz CT molecular complexity index is 312. The van der Waals surface area contributed by atoms with Crippen molar-refractivity contribution in [2.45, 2.75) is 0 Å². The standard InChI is InChI=1S/CH2O3.Al.Ca.ClH.Na.H2O4S.H3O4Si/c2-1(3)4;;;;;2*1-5(2,3)4/h(H2,2,3,4);;;1H;;(H2,1,2,3,4);1-3H/q;+3;+2;;+1;;-1/p-5. The molecule has 0 saturated carbocycles. The Morgan fingerprint density at radius 1 is 1.28 bits per heavy atom. The van der Waals surface area contributed by atoms with Crippen molar-refractivity contribution < 1.29 is 89.7 Å². The molecule has 1 rings (SSSR count). The first-order chi connectivity index (χ1) is 6.49. The largest absolute Gasteiger partial charge is 2.00 e. The van der Waals surface area contributed by atoms with Crippen LogP contribution in [0, 0.1) is 0 Å². The number of carboxylic acid groups (broad SMARTS) is 1. The first-order valence-electron chi connectivity index (χ1n) is 2.86. The van der Waals surface area contributed by atoms with Crippen LogP contribution in [0.15, 0.2) is 0 Å². The molecule has 0 atom stereocenters. The van der Waals surface area contributed by atoms with Crippen molar-refractivity contribution in [1.29, 1.82) is 0 Å². The molecule has 17 heteroatoms. The van der Waals surface area contributed by atoms with Crippen LogP contribution in [-0.4, -0.2) is 90.9 Å². The van der Waals surface area contributed by atoms with Gasteiger partial charge in [0.05, 0.1) is 0 Å². The van der Waals surface area contributed by atoms with Crippen LogP contribution in [0.3, 0.4) is 0 Å². The van der Waals surface area contributed by atoms with Crippen LogP contribution in [-0.2, 0) is 20.7 Å². The van der Waals surface area contributed by atoms with E-state index in [4.69, 9.17) is 19.2 Å². The number of hydrogen-bond acceptors (Lipinski definition) is 11. The molecule has 0 aromatic rings. The van der Waals surface area contributed by atoms with Crippen molar-refractivity contribution in [1.82, 2.24) is 0 Å². The molecule has 0 aromatic carbocycles. The summed E-state index contributed by atoms with van der Waals surface area (Å²) in [5, 5.41) is 9.56. The van der Waals surface area contributed by atoms with E-state index in [1.54, 1.807) is 0 Å². The van der Waals surface area contributed by atoms with Crippen molar-refractivity contribution in [3.63, 3.8) is 0 Å². The summed E-state index contributed by atoms with van der Waals surface area (Å²) >= 11 is -2.93. The summed E-state index contributed by atoms with van der Waals surface area (Å²) < 4.78 is 31.5. The SMILES string of the molecule is O=C([O-])[O][Al]1[O]S(=O)(=O)[O]1.[Ca+2].[Cl-].[Na+].[O-][Si](O)(O)O. The van der Waals surface area contributed by atoms with E-state index < -0.39 is 40.8 Å². The fourth-order valence-corrected chi connectivity index (χ4v) is 2.39. The summed E-state index contributed by atoms with van der Waals surface area (Å²) in [7, 11) is -8.79. The predicted octanol–water partition coefficient (Wildman–Crippen LogP) is -12.0. The second kappa shape index (κ2) is 11.9. The summed E-state index contributed by atoms with van der Waals surface area (Å²) in [6.07, 6.45) is -1.86. The van der Waals surface area contributed by atoms with E-state index in [-0.39, 0.29) is 79.7 Å². The molecule has 11 nitrogen and oxygen atoms in total. The van der Waals surface area contributed by atoms with Crippen LogP contribution in [0.5, 0.6) is 0 Å². The maximum Gasteiger partial charge on any atom is 2.00 e. The van der Waals surface area contributed by atoms with Crippen LogP contribution in [0.25, 0.3) is 0 Å². The van der Waals surface area contributed by atoms with Crippen molar-refractivity contribution >= 4 is 78.5 Å². The molecule has 1 aliphatic heterocycles. The molecule has 0 amide bonds. The second-order valence-electron chi connectivity index (χ2n) is 1.83. The number of halogens is 1. The van der Waals surface area contributed by atoms with Gasteiger partial charge in [0.2, 0.25) is 6.16 Å². The topological polar surface area (TPSA) is 186 Å². The van der Waals surface area contributed by atoms with Gasteiger partial charge in [-0.2, -0.15) is 8.42 Å². The average Bonchev–Trinajstić information content (AvgIpc) is 1.75. The van der Waals surface area contributed by atoms with E-state index in [0.29, 0.717) is 0 Å². The fourth-order valence-electron chi connectivity index (χ4n) is 0.318. The van der Waals surface area contributed by atoms with E-state index in [9.17, 15) is 18.3 Å². The Labute approximate surface area is 166 Å². The third-order valence-electron chi connectivity index (χ3n) is 0.585. The van der Waals surface area contributed by atoms with Crippen LogP contribution in [0.1, 0.15) is 0 Å². The minimum absolute atomic E-state index is 0. The molecule has 1 fully saturated rings. The van der Waals surface area contributed by atoms with Gasteiger partial charge in [0.1, 0.15) is 0 Å². The monoisotopic (exact) mass is 376 g/mol. The Morgan fingerprint density at radius 2 is 1.56 bits per heavy atom. The van der Waals surface area contributed by atoms with E-state index in [2.05, 4.69) is 10.3 Å². The third kappa shape index (κ3) is 20.6. The smallest absolute Gasteiger partial charge is 1.00 e. The maximum atomic E-state index is 9.98. The van der Waals surface area contributed by atoms with Crippen molar-refractivity contribution in [3.05, 3.63) is 0 Å². The van der Waals surface area contributed by atoms with Gasteiger partial charge in [0, 0.05) is 0 Å². The molecule has 0 aromatic heterocycles. The molecule has 0 spiro atoms. The van der Waals surface area contributed by atoms with Gasteiger partial charge in [-0.3, -0.25) is 0 Å². The summed E-state index contributed by atoms with van der Waals surface area (Å²) in [5.41, 5.74) is 0. The fraction of sp³-hybridized carbons (Fsp3) is 0. The van der Waals surface area contributed by atoms with Crippen LogP contribution >= 0.6 is 0 Å². The van der Waals surface area contributed by atoms with Gasteiger partial charge in [-0.25, -0.2) is 0 Å². The van der Waals surface area contributed by atoms with Crippen LogP contribution in [0.2, 0.25) is 0 Å². The molecule has 1 aliphatic rings. The third-order valence-corrected chi connectivity index (χ3v) is 4.11. The average molecular weight is 377 g/mol. The Balaban J connectivity index is -0.000000109. The zero-order valence-corrected chi connectivity index (χ0v) is 16.6. The summed E-state index contributed by atoms with van der Waals surface area (Å²) in [6, 6.07) is 0. The molecule has 0 radical (unpaired) electrons. The summed E-state index contributed by atoms with van der Waals surface area (Å²) in [5.74, 6) is 0. The minimum atomic E-state index is -4.86. The zero-order chi connectivity index (χ0) is 12.3.